The molecule has 0 aromatic heterocycles. The van der Waals surface area contributed by atoms with Gasteiger partial charge < -0.3 is 33.7 Å². The molecule has 0 saturated heterocycles. The van der Waals surface area contributed by atoms with E-state index in [1.165, 1.54) is 64.2 Å². The van der Waals surface area contributed by atoms with E-state index < -0.39 is 35.7 Å². The van der Waals surface area contributed by atoms with E-state index in [0.29, 0.717) is 39.3 Å². The molecule has 0 bridgehead atoms. The van der Waals surface area contributed by atoms with Gasteiger partial charge in [-0.2, -0.15) is 13.2 Å². The topological polar surface area (TPSA) is 191 Å². The zero-order chi connectivity index (χ0) is 53.6. The number of hydrogen-bond acceptors (Lipinski definition) is 13. The molecule has 0 saturated carbocycles. The largest absolute Gasteiger partial charge is 0.467 e. The normalized spacial score (nSPS) is 11.3. The smallest absolute Gasteiger partial charge is 0.449 e. The van der Waals surface area contributed by atoms with Crippen molar-refractivity contribution >= 4 is 42.1 Å². The highest BCUT2D eigenvalue weighted by molar-refractivity contribution is 5.81. The lowest BCUT2D eigenvalue weighted by atomic mass is 10.1. The van der Waals surface area contributed by atoms with Crippen LogP contribution < -0.4 is 5.32 Å². The van der Waals surface area contributed by atoms with Crippen molar-refractivity contribution in [1.29, 1.82) is 0 Å². The Labute approximate surface area is 426 Å². The fourth-order valence-corrected chi connectivity index (χ4v) is 6.78. The fourth-order valence-electron chi connectivity index (χ4n) is 6.78. The van der Waals surface area contributed by atoms with Crippen LogP contribution in [0.4, 0.5) is 13.2 Å². The van der Waals surface area contributed by atoms with Crippen molar-refractivity contribution in [2.24, 2.45) is 11.8 Å². The average molecular weight is 1030 g/mol. The van der Waals surface area contributed by atoms with Crippen molar-refractivity contribution < 1.29 is 80.5 Å². The number of quaternary nitrogens is 1. The van der Waals surface area contributed by atoms with Crippen molar-refractivity contribution in [2.45, 2.75) is 240 Å². The summed E-state index contributed by atoms with van der Waals surface area (Å²) in [6.07, 6.45) is 25.1. The number of esters is 5. The van der Waals surface area contributed by atoms with Crippen molar-refractivity contribution in [3.8, 4) is 0 Å². The van der Waals surface area contributed by atoms with Crippen molar-refractivity contribution in [3.63, 3.8) is 0 Å². The summed E-state index contributed by atoms with van der Waals surface area (Å²) < 4.78 is 64.2. The SMILES string of the molecule is CC(=O)C(F)(F)F.CCCCCCCCC.CCCCCCCCC(=O)OCC(COC=O)CC(=O)OCC[NH2+]CCOC(=O)CC(COC(=O)CCCCCCCC)COC(=O)CCCCCCCC. The summed E-state index contributed by atoms with van der Waals surface area (Å²) in [5.74, 6) is -4.75. The summed E-state index contributed by atoms with van der Waals surface area (Å²) in [5.41, 5.74) is 0. The molecule has 17 heteroatoms. The van der Waals surface area contributed by atoms with E-state index in [4.69, 9.17) is 28.4 Å². The minimum absolute atomic E-state index is 0.0324. The second-order valence-electron chi connectivity index (χ2n) is 18.3. The lowest BCUT2D eigenvalue weighted by Gasteiger charge is -2.17. The predicted octanol–water partition coefficient (Wildman–Crippen LogP) is 11.6. The third kappa shape index (κ3) is 57.0. The summed E-state index contributed by atoms with van der Waals surface area (Å²) in [5, 5.41) is 1.84. The number of halogens is 3. The third-order valence-electron chi connectivity index (χ3n) is 11.2. The van der Waals surface area contributed by atoms with Gasteiger partial charge in [-0.05, 0) is 19.3 Å². The van der Waals surface area contributed by atoms with Gasteiger partial charge >= 0.3 is 36.0 Å². The molecule has 0 aromatic carbocycles. The van der Waals surface area contributed by atoms with Crippen LogP contribution in [0.2, 0.25) is 0 Å². The van der Waals surface area contributed by atoms with Crippen LogP contribution in [-0.4, -0.2) is 101 Å². The fraction of sp³-hybridized carbons (Fsp3) is 0.870. The molecule has 1 unspecified atom stereocenters. The Morgan fingerprint density at radius 1 is 0.423 bits per heavy atom. The van der Waals surface area contributed by atoms with Crippen LogP contribution in [0.3, 0.4) is 0 Å². The highest BCUT2D eigenvalue weighted by Crippen LogP contribution is 2.16. The molecule has 0 rings (SSSR count). The van der Waals surface area contributed by atoms with Crippen molar-refractivity contribution in [2.75, 3.05) is 52.7 Å². The van der Waals surface area contributed by atoms with E-state index in [1.54, 1.807) is 0 Å². The zero-order valence-corrected chi connectivity index (χ0v) is 45.1. The number of hydrogen-bond donors (Lipinski definition) is 1. The highest BCUT2D eigenvalue weighted by atomic mass is 19.4. The molecule has 0 amide bonds. The first-order valence-corrected chi connectivity index (χ1v) is 27.3. The van der Waals surface area contributed by atoms with Gasteiger partial charge in [-0.25, -0.2) is 0 Å². The van der Waals surface area contributed by atoms with E-state index in [0.717, 1.165) is 96.3 Å². The number of rotatable bonds is 46. The Balaban J connectivity index is -0.00000245. The van der Waals surface area contributed by atoms with E-state index in [9.17, 15) is 46.7 Å². The third-order valence-corrected chi connectivity index (χ3v) is 11.2. The van der Waals surface area contributed by atoms with Crippen LogP contribution in [0.15, 0.2) is 0 Å². The van der Waals surface area contributed by atoms with Gasteiger partial charge in [0.15, 0.2) is 0 Å². The maximum Gasteiger partial charge on any atom is 0.449 e. The van der Waals surface area contributed by atoms with Crippen LogP contribution >= 0.6 is 0 Å². The predicted molar refractivity (Wildman–Crippen MR) is 269 cm³/mol. The van der Waals surface area contributed by atoms with Gasteiger partial charge in [-0.15, -0.1) is 0 Å². The van der Waals surface area contributed by atoms with Gasteiger partial charge in [-0.3, -0.25) is 33.6 Å². The monoisotopic (exact) mass is 1030 g/mol. The van der Waals surface area contributed by atoms with E-state index in [-0.39, 0.29) is 76.9 Å². The van der Waals surface area contributed by atoms with Crippen molar-refractivity contribution in [3.05, 3.63) is 0 Å². The van der Waals surface area contributed by atoms with Crippen LogP contribution in [0.5, 0.6) is 0 Å². The van der Waals surface area contributed by atoms with Gasteiger partial charge in [-0.1, -0.05) is 176 Å². The van der Waals surface area contributed by atoms with Gasteiger partial charge in [0, 0.05) is 38.0 Å². The first kappa shape index (κ1) is 71.5. The Kier molecular flexibility index (Phi) is 54.4. The Hall–Kier alpha value is -3.76. The summed E-state index contributed by atoms with van der Waals surface area (Å²) in [7, 11) is 0. The zero-order valence-electron chi connectivity index (χ0n) is 45.1. The van der Waals surface area contributed by atoms with Crippen LogP contribution in [0, 0.1) is 11.8 Å². The number of unbranched alkanes of at least 4 members (excludes halogenated alkanes) is 21. The first-order chi connectivity index (χ1) is 34.1. The van der Waals surface area contributed by atoms with E-state index in [2.05, 4.69) is 34.6 Å². The lowest BCUT2D eigenvalue weighted by Crippen LogP contribution is -2.86. The van der Waals surface area contributed by atoms with E-state index in [1.807, 2.05) is 5.32 Å². The lowest BCUT2D eigenvalue weighted by molar-refractivity contribution is -0.656. The minimum Gasteiger partial charge on any atom is -0.467 e. The quantitative estimate of drug-likeness (QED) is 0.0262. The van der Waals surface area contributed by atoms with Crippen LogP contribution in [-0.2, 0) is 62.0 Å². The minimum atomic E-state index is -4.64. The second kappa shape index (κ2) is 54.0. The molecule has 0 aliphatic carbocycles. The van der Waals surface area contributed by atoms with Gasteiger partial charge in [0.2, 0.25) is 5.78 Å². The molecule has 0 fully saturated rings. The molecule has 0 aliphatic rings. The molecule has 0 aliphatic heterocycles. The van der Waals surface area contributed by atoms with E-state index >= 15 is 0 Å². The molecule has 1 atom stereocenters. The molecular weight excluding hydrogens is 928 g/mol. The molecule has 418 valence electrons. The van der Waals surface area contributed by atoms with Crippen LogP contribution in [0.1, 0.15) is 234 Å². The molecule has 0 spiro atoms. The maximum atomic E-state index is 12.6. The Bertz CT molecular complexity index is 1260. The summed E-state index contributed by atoms with van der Waals surface area (Å²) in [6.45, 7) is 12.7. The maximum absolute atomic E-state index is 12.6. The second-order valence-corrected chi connectivity index (χ2v) is 18.3. The molecular formula is C54H99F3NO13+. The number of nitrogens with two attached hydrogens (primary N) is 1. The molecule has 2 N–H and O–H groups in total. The number of Topliss-reactive ketones (excluding diaryl/α,β-unsaturated/α-hetero) is 1. The first-order valence-electron chi connectivity index (χ1n) is 27.3. The summed E-state index contributed by atoms with van der Waals surface area (Å²) >= 11 is 0. The summed E-state index contributed by atoms with van der Waals surface area (Å²) in [6, 6.07) is 0. The highest BCUT2D eigenvalue weighted by Gasteiger charge is 2.33. The van der Waals surface area contributed by atoms with Crippen LogP contribution in [0.25, 0.3) is 0 Å². The van der Waals surface area contributed by atoms with Gasteiger partial charge in [0.1, 0.15) is 26.3 Å². The number of carbonyl (C=O) groups is 7. The number of ketones is 1. The molecule has 0 heterocycles. The summed E-state index contributed by atoms with van der Waals surface area (Å²) in [4.78, 5) is 81.8. The standard InChI is InChI=1S/C42H75NO12.C9H20.C3H3F3O/c1-4-7-10-13-16-19-22-38(45)53-32-36(31-50-35-44)29-41(48)51-27-25-43-26-28-52-42(49)30-37(33-54-39(46)23-20-17-14-11-8-5-2)34-55-40(47)24-21-18-15-12-9-6-3;1-3-5-7-9-8-6-4-2;1-2(7)3(4,5)6/h35-37,43H,4-34H2,1-3H3;3-9H2,1-2H3;1H3/p+1. The Morgan fingerprint density at radius 2 is 0.690 bits per heavy atom. The molecule has 0 radical (unpaired) electrons. The number of carbonyl (C=O) groups excluding carboxylic acids is 7. The molecule has 71 heavy (non-hydrogen) atoms. The number of alkyl halides is 3. The van der Waals surface area contributed by atoms with Gasteiger partial charge in [0.25, 0.3) is 6.47 Å². The van der Waals surface area contributed by atoms with Gasteiger partial charge in [0.05, 0.1) is 39.3 Å². The molecule has 14 nitrogen and oxygen atoms in total. The average Bonchev–Trinajstić information content (AvgIpc) is 3.33. The Morgan fingerprint density at radius 3 is 0.958 bits per heavy atom. The number of ether oxygens (including phenoxy) is 6. The van der Waals surface area contributed by atoms with Crippen molar-refractivity contribution in [1.82, 2.24) is 0 Å². The molecule has 0 aromatic rings.